The fraction of sp³-hybridized carbons (Fsp3) is 0.364. The molecular formula is C11H17NO3Si. The molecule has 1 rings (SSSR count). The van der Waals surface area contributed by atoms with Gasteiger partial charge in [0, 0.05) is 27.5 Å². The van der Waals surface area contributed by atoms with Crippen LogP contribution in [0.5, 0.6) is 0 Å². The zero-order valence-electron chi connectivity index (χ0n) is 9.84. The molecule has 0 atom stereocenters. The Morgan fingerprint density at radius 1 is 1.06 bits per heavy atom. The van der Waals surface area contributed by atoms with Crippen LogP contribution >= 0.6 is 0 Å². The summed E-state index contributed by atoms with van der Waals surface area (Å²) in [5.41, 5.74) is 1.05. The van der Waals surface area contributed by atoms with Crippen molar-refractivity contribution in [1.82, 2.24) is 0 Å². The van der Waals surface area contributed by atoms with Gasteiger partial charge in [-0.1, -0.05) is 30.3 Å². The Morgan fingerprint density at radius 3 is 2.12 bits per heavy atom. The quantitative estimate of drug-likeness (QED) is 0.558. The maximum atomic E-state index is 5.25. The summed E-state index contributed by atoms with van der Waals surface area (Å²) in [5.74, 6) is 0. The SMILES string of the molecule is CO[Si](CN=Cc1ccccc1)(OC)OC. The number of aliphatic imine (C=N–C) groups is 1. The Morgan fingerprint density at radius 2 is 1.62 bits per heavy atom. The van der Waals surface area contributed by atoms with Crippen molar-refractivity contribution in [3.05, 3.63) is 35.9 Å². The molecule has 0 N–H and O–H groups in total. The molecule has 5 heteroatoms. The van der Waals surface area contributed by atoms with Gasteiger partial charge in [-0.15, -0.1) is 0 Å². The van der Waals surface area contributed by atoms with Gasteiger partial charge < -0.3 is 13.3 Å². The second-order valence-corrected chi connectivity index (χ2v) is 6.08. The summed E-state index contributed by atoms with van der Waals surface area (Å²) in [4.78, 5) is 4.29. The fourth-order valence-corrected chi connectivity index (χ4v) is 2.45. The van der Waals surface area contributed by atoms with Crippen LogP contribution in [0.3, 0.4) is 0 Å². The van der Waals surface area contributed by atoms with Gasteiger partial charge in [-0.2, -0.15) is 0 Å². The molecule has 1 aromatic rings. The third-order valence-corrected chi connectivity index (χ3v) is 4.69. The van der Waals surface area contributed by atoms with Crippen LogP contribution in [0, 0.1) is 0 Å². The normalized spacial score (nSPS) is 12.2. The van der Waals surface area contributed by atoms with Crippen molar-refractivity contribution in [3.63, 3.8) is 0 Å². The van der Waals surface area contributed by atoms with Crippen molar-refractivity contribution in [2.75, 3.05) is 27.5 Å². The average molecular weight is 239 g/mol. The number of hydrogen-bond donors (Lipinski definition) is 0. The summed E-state index contributed by atoms with van der Waals surface area (Å²) in [6, 6.07) is 9.87. The van der Waals surface area contributed by atoms with Gasteiger partial charge >= 0.3 is 8.80 Å². The molecule has 88 valence electrons. The molecule has 0 saturated heterocycles. The van der Waals surface area contributed by atoms with Gasteiger partial charge in [0.25, 0.3) is 0 Å². The minimum atomic E-state index is -2.57. The van der Waals surface area contributed by atoms with Crippen LogP contribution in [-0.4, -0.2) is 42.5 Å². The first-order valence-corrected chi connectivity index (χ1v) is 6.90. The first kappa shape index (κ1) is 13.1. The van der Waals surface area contributed by atoms with Crippen LogP contribution in [0.4, 0.5) is 0 Å². The van der Waals surface area contributed by atoms with Gasteiger partial charge in [0.15, 0.2) is 0 Å². The van der Waals surface area contributed by atoms with E-state index in [1.807, 2.05) is 30.3 Å². The minimum absolute atomic E-state index is 0.422. The Bertz CT molecular complexity index is 317. The highest BCUT2D eigenvalue weighted by Gasteiger charge is 2.37. The third kappa shape index (κ3) is 3.53. The zero-order chi connectivity index (χ0) is 11.9. The molecule has 4 nitrogen and oxygen atoms in total. The van der Waals surface area contributed by atoms with E-state index in [4.69, 9.17) is 13.3 Å². The first-order chi connectivity index (χ1) is 7.76. The van der Waals surface area contributed by atoms with Crippen LogP contribution in [0.25, 0.3) is 0 Å². The number of benzene rings is 1. The predicted molar refractivity (Wildman–Crippen MR) is 65.7 cm³/mol. The molecule has 0 aromatic heterocycles. The Balaban J connectivity index is 2.59. The molecule has 0 aliphatic heterocycles. The fourth-order valence-electron chi connectivity index (χ4n) is 1.25. The van der Waals surface area contributed by atoms with Crippen molar-refractivity contribution in [2.24, 2.45) is 4.99 Å². The Kier molecular flexibility index (Phi) is 5.34. The predicted octanol–water partition coefficient (Wildman–Crippen LogP) is 1.52. The highest BCUT2D eigenvalue weighted by molar-refractivity contribution is 6.60. The summed E-state index contributed by atoms with van der Waals surface area (Å²) in [6.07, 6.45) is 2.21. The highest BCUT2D eigenvalue weighted by Crippen LogP contribution is 2.06. The standard InChI is InChI=1S/C11H17NO3Si/c1-13-16(14-2,15-3)10-12-9-11-7-5-4-6-8-11/h4-9H,10H2,1-3H3. The van der Waals surface area contributed by atoms with Crippen molar-refractivity contribution in [3.8, 4) is 0 Å². The van der Waals surface area contributed by atoms with Crippen molar-refractivity contribution >= 4 is 15.0 Å². The molecule has 0 heterocycles. The van der Waals surface area contributed by atoms with Gasteiger partial charge in [0.2, 0.25) is 0 Å². The number of nitrogens with zero attached hydrogens (tertiary/aromatic N) is 1. The molecule has 0 bridgehead atoms. The third-order valence-electron chi connectivity index (χ3n) is 2.26. The molecule has 0 radical (unpaired) electrons. The summed E-state index contributed by atoms with van der Waals surface area (Å²) in [5, 5.41) is 0. The molecule has 16 heavy (non-hydrogen) atoms. The van der Waals surface area contributed by atoms with E-state index in [-0.39, 0.29) is 0 Å². The van der Waals surface area contributed by atoms with E-state index in [9.17, 15) is 0 Å². The van der Waals surface area contributed by atoms with Crippen molar-refractivity contribution in [1.29, 1.82) is 0 Å². The Hall–Kier alpha value is -1.01. The maximum Gasteiger partial charge on any atom is 0.522 e. The van der Waals surface area contributed by atoms with Gasteiger partial charge in [-0.3, -0.25) is 4.99 Å². The van der Waals surface area contributed by atoms with Crippen LogP contribution < -0.4 is 0 Å². The molecule has 0 amide bonds. The van der Waals surface area contributed by atoms with Crippen molar-refractivity contribution < 1.29 is 13.3 Å². The van der Waals surface area contributed by atoms with E-state index in [1.54, 1.807) is 27.5 Å². The van der Waals surface area contributed by atoms with Crippen molar-refractivity contribution in [2.45, 2.75) is 0 Å². The topological polar surface area (TPSA) is 40.0 Å². The smallest absolute Gasteiger partial charge is 0.376 e. The van der Waals surface area contributed by atoms with E-state index < -0.39 is 8.80 Å². The van der Waals surface area contributed by atoms with E-state index in [0.29, 0.717) is 6.17 Å². The van der Waals surface area contributed by atoms with E-state index in [2.05, 4.69) is 4.99 Å². The lowest BCUT2D eigenvalue weighted by atomic mass is 10.2. The molecule has 0 spiro atoms. The average Bonchev–Trinajstić information content (AvgIpc) is 2.37. The summed E-state index contributed by atoms with van der Waals surface area (Å²) in [6.45, 7) is 0. The lowest BCUT2D eigenvalue weighted by Gasteiger charge is -2.21. The second kappa shape index (κ2) is 6.54. The lowest BCUT2D eigenvalue weighted by Crippen LogP contribution is -2.46. The van der Waals surface area contributed by atoms with Gasteiger partial charge in [0.1, 0.15) is 6.17 Å². The monoisotopic (exact) mass is 239 g/mol. The van der Waals surface area contributed by atoms with E-state index in [0.717, 1.165) is 5.56 Å². The van der Waals surface area contributed by atoms with E-state index in [1.165, 1.54) is 0 Å². The highest BCUT2D eigenvalue weighted by atomic mass is 28.4. The molecule has 0 aliphatic carbocycles. The van der Waals surface area contributed by atoms with Crippen LogP contribution in [-0.2, 0) is 13.3 Å². The summed E-state index contributed by atoms with van der Waals surface area (Å²) >= 11 is 0. The van der Waals surface area contributed by atoms with Gasteiger partial charge in [-0.25, -0.2) is 0 Å². The second-order valence-electron chi connectivity index (χ2n) is 3.18. The molecule has 1 aromatic carbocycles. The van der Waals surface area contributed by atoms with E-state index >= 15 is 0 Å². The number of rotatable bonds is 6. The molecule has 0 saturated carbocycles. The molecule has 0 fully saturated rings. The maximum absolute atomic E-state index is 5.25. The Labute approximate surface area is 97.2 Å². The molecule has 0 unspecified atom stereocenters. The van der Waals surface area contributed by atoms with Gasteiger partial charge in [0.05, 0.1) is 0 Å². The van der Waals surface area contributed by atoms with Crippen LogP contribution in [0.1, 0.15) is 5.56 Å². The molecule has 0 aliphatic rings. The summed E-state index contributed by atoms with van der Waals surface area (Å²) in [7, 11) is 2.17. The number of hydrogen-bond acceptors (Lipinski definition) is 4. The molecular weight excluding hydrogens is 222 g/mol. The lowest BCUT2D eigenvalue weighted by molar-refractivity contribution is 0.125. The largest absolute Gasteiger partial charge is 0.522 e. The zero-order valence-corrected chi connectivity index (χ0v) is 10.8. The first-order valence-electron chi connectivity index (χ1n) is 4.96. The summed E-state index contributed by atoms with van der Waals surface area (Å²) < 4.78 is 15.8. The van der Waals surface area contributed by atoms with Gasteiger partial charge in [-0.05, 0) is 5.56 Å². The van der Waals surface area contributed by atoms with Crippen LogP contribution in [0.2, 0.25) is 0 Å². The minimum Gasteiger partial charge on any atom is -0.376 e. The van der Waals surface area contributed by atoms with Crippen LogP contribution in [0.15, 0.2) is 35.3 Å².